The smallest absolute Gasteiger partial charge is 0.263 e. The lowest BCUT2D eigenvalue weighted by atomic mass is 9.94. The van der Waals surface area contributed by atoms with E-state index in [1.54, 1.807) is 23.0 Å². The Morgan fingerprint density at radius 2 is 1.84 bits per heavy atom. The molecule has 1 amide bonds. The molecule has 2 aliphatic rings. The first-order chi connectivity index (χ1) is 14.8. The summed E-state index contributed by atoms with van der Waals surface area (Å²) in [6.07, 6.45) is 0.721. The van der Waals surface area contributed by atoms with Gasteiger partial charge in [-0.2, -0.15) is 0 Å². The zero-order valence-corrected chi connectivity index (χ0v) is 18.9. The van der Waals surface area contributed by atoms with E-state index in [1.165, 1.54) is 0 Å². The fourth-order valence-corrected chi connectivity index (χ4v) is 5.51. The number of aromatic nitrogens is 2. The fourth-order valence-electron chi connectivity index (χ4n) is 4.42. The highest BCUT2D eigenvalue weighted by molar-refractivity contribution is 7.18. The van der Waals surface area contributed by atoms with Crippen LogP contribution in [0.15, 0.2) is 35.1 Å². The van der Waals surface area contributed by atoms with Crippen LogP contribution in [0.1, 0.15) is 34.6 Å². The number of amides is 1. The number of carbonyl (C=O) groups is 1. The summed E-state index contributed by atoms with van der Waals surface area (Å²) in [7, 11) is 1.79. The van der Waals surface area contributed by atoms with Crippen LogP contribution >= 0.6 is 11.3 Å². The molecule has 7 nitrogen and oxygen atoms in total. The maximum Gasteiger partial charge on any atom is 0.263 e. The van der Waals surface area contributed by atoms with Crippen LogP contribution in [-0.4, -0.2) is 52.1 Å². The molecule has 0 atom stereocenters. The van der Waals surface area contributed by atoms with E-state index in [9.17, 15) is 9.59 Å². The average Bonchev–Trinajstić information content (AvgIpc) is 3.13. The molecular weight excluding hydrogens is 412 g/mol. The summed E-state index contributed by atoms with van der Waals surface area (Å²) < 4.78 is 7.59. The van der Waals surface area contributed by atoms with E-state index >= 15 is 0 Å². The summed E-state index contributed by atoms with van der Waals surface area (Å²) in [6, 6.07) is 9.36. The number of thiophene rings is 1. The van der Waals surface area contributed by atoms with Gasteiger partial charge in [0.2, 0.25) is 5.95 Å². The second kappa shape index (κ2) is 7.46. The molecule has 1 saturated heterocycles. The topological polar surface area (TPSA) is 67.7 Å². The number of hydrogen-bond donors (Lipinski definition) is 0. The molecule has 2 aromatic heterocycles. The van der Waals surface area contributed by atoms with Crippen molar-refractivity contribution >= 4 is 33.4 Å². The Labute approximate surface area is 184 Å². The van der Waals surface area contributed by atoms with Crippen LogP contribution < -0.4 is 10.5 Å². The molecule has 31 heavy (non-hydrogen) atoms. The van der Waals surface area contributed by atoms with Crippen molar-refractivity contribution in [2.75, 3.05) is 31.1 Å². The molecule has 1 fully saturated rings. The Morgan fingerprint density at radius 1 is 1.13 bits per heavy atom. The molecule has 0 saturated carbocycles. The van der Waals surface area contributed by atoms with E-state index in [0.29, 0.717) is 44.3 Å². The predicted molar refractivity (Wildman–Crippen MR) is 122 cm³/mol. The van der Waals surface area contributed by atoms with Crippen molar-refractivity contribution in [3.05, 3.63) is 56.7 Å². The average molecular weight is 439 g/mol. The van der Waals surface area contributed by atoms with Crippen LogP contribution in [0.2, 0.25) is 0 Å². The van der Waals surface area contributed by atoms with Gasteiger partial charge < -0.3 is 14.5 Å². The largest absolute Gasteiger partial charge is 0.370 e. The highest BCUT2D eigenvalue weighted by Gasteiger charge is 2.32. The van der Waals surface area contributed by atoms with Gasteiger partial charge in [-0.3, -0.25) is 14.2 Å². The summed E-state index contributed by atoms with van der Waals surface area (Å²) in [6.45, 7) is 7.14. The number of hydrogen-bond acceptors (Lipinski definition) is 6. The van der Waals surface area contributed by atoms with E-state index in [4.69, 9.17) is 9.72 Å². The normalized spacial score (nSPS) is 18.3. The van der Waals surface area contributed by atoms with Gasteiger partial charge in [-0.05, 0) is 31.5 Å². The van der Waals surface area contributed by atoms with Crippen molar-refractivity contribution in [3.8, 4) is 0 Å². The van der Waals surface area contributed by atoms with Crippen molar-refractivity contribution in [1.29, 1.82) is 0 Å². The molecule has 8 heteroatoms. The third kappa shape index (κ3) is 3.53. The van der Waals surface area contributed by atoms with Crippen molar-refractivity contribution in [1.82, 2.24) is 14.5 Å². The van der Waals surface area contributed by atoms with Gasteiger partial charge in [0.15, 0.2) is 0 Å². The Balaban J connectivity index is 1.41. The molecule has 5 rings (SSSR count). The molecule has 0 radical (unpaired) electrons. The minimum atomic E-state index is -0.272. The lowest BCUT2D eigenvalue weighted by Crippen LogP contribution is -2.50. The maximum absolute atomic E-state index is 13.3. The van der Waals surface area contributed by atoms with Crippen LogP contribution in [0.4, 0.5) is 5.95 Å². The molecule has 0 aliphatic carbocycles. The number of benzene rings is 1. The number of anilines is 1. The lowest BCUT2D eigenvalue weighted by molar-refractivity contribution is -0.0379. The molecule has 162 valence electrons. The third-order valence-electron chi connectivity index (χ3n) is 6.16. The van der Waals surface area contributed by atoms with Crippen molar-refractivity contribution < 1.29 is 9.53 Å². The quantitative estimate of drug-likeness (QED) is 0.616. The Morgan fingerprint density at radius 3 is 2.55 bits per heavy atom. The lowest BCUT2D eigenvalue weighted by Gasteiger charge is -2.35. The van der Waals surface area contributed by atoms with Crippen molar-refractivity contribution in [2.45, 2.75) is 32.5 Å². The Hall–Kier alpha value is -2.71. The van der Waals surface area contributed by atoms with Crippen molar-refractivity contribution in [2.24, 2.45) is 7.05 Å². The molecule has 2 aliphatic heterocycles. The van der Waals surface area contributed by atoms with E-state index in [0.717, 1.165) is 27.1 Å². The molecular formula is C23H26N4O3S. The van der Waals surface area contributed by atoms with E-state index in [-0.39, 0.29) is 17.1 Å². The SMILES string of the molecule is Cn1c(N2CCN(C(=O)c3ccccc3)CC2)nc2sc3c(c2c1=O)CC(C)(C)OC3. The van der Waals surface area contributed by atoms with Gasteiger partial charge in [-0.15, -0.1) is 11.3 Å². The maximum atomic E-state index is 13.3. The third-order valence-corrected chi connectivity index (χ3v) is 7.26. The summed E-state index contributed by atoms with van der Waals surface area (Å²) in [4.78, 5) is 36.8. The minimum Gasteiger partial charge on any atom is -0.370 e. The highest BCUT2D eigenvalue weighted by atomic mass is 32.1. The van der Waals surface area contributed by atoms with Gasteiger partial charge in [0.25, 0.3) is 11.5 Å². The Kier molecular flexibility index (Phi) is 4.86. The van der Waals surface area contributed by atoms with E-state index in [2.05, 4.69) is 18.7 Å². The number of rotatable bonds is 2. The second-order valence-electron chi connectivity index (χ2n) is 8.83. The van der Waals surface area contributed by atoms with Crippen LogP contribution in [-0.2, 0) is 24.8 Å². The number of carbonyl (C=O) groups excluding carboxylic acids is 1. The summed E-state index contributed by atoms with van der Waals surface area (Å²) in [5.74, 6) is 0.717. The van der Waals surface area contributed by atoms with Crippen LogP contribution in [0, 0.1) is 0 Å². The monoisotopic (exact) mass is 438 g/mol. The van der Waals surface area contributed by atoms with Gasteiger partial charge in [0, 0.05) is 50.1 Å². The number of fused-ring (bicyclic) bond motifs is 3. The molecule has 1 aromatic carbocycles. The molecule has 4 heterocycles. The molecule has 0 spiro atoms. The molecule has 0 unspecified atom stereocenters. The number of piperazine rings is 1. The highest BCUT2D eigenvalue weighted by Crippen LogP contribution is 2.37. The first-order valence-corrected chi connectivity index (χ1v) is 11.4. The van der Waals surface area contributed by atoms with Gasteiger partial charge in [0.05, 0.1) is 17.6 Å². The minimum absolute atomic E-state index is 0.00186. The van der Waals surface area contributed by atoms with E-state index in [1.807, 2.05) is 35.2 Å². The van der Waals surface area contributed by atoms with Gasteiger partial charge in [0.1, 0.15) is 4.83 Å². The van der Waals surface area contributed by atoms with Crippen LogP contribution in [0.3, 0.4) is 0 Å². The first-order valence-electron chi connectivity index (χ1n) is 10.6. The van der Waals surface area contributed by atoms with Crippen LogP contribution in [0.5, 0.6) is 0 Å². The zero-order valence-electron chi connectivity index (χ0n) is 18.1. The number of ether oxygens (including phenoxy) is 1. The second-order valence-corrected chi connectivity index (χ2v) is 9.91. The molecule has 3 aromatic rings. The first kappa shape index (κ1) is 20.2. The summed E-state index contributed by atoms with van der Waals surface area (Å²) in [5, 5.41) is 0.737. The zero-order chi connectivity index (χ0) is 21.8. The summed E-state index contributed by atoms with van der Waals surface area (Å²) in [5.41, 5.74) is 1.52. The van der Waals surface area contributed by atoms with E-state index < -0.39 is 0 Å². The van der Waals surface area contributed by atoms with Gasteiger partial charge in [-0.1, -0.05) is 18.2 Å². The molecule has 0 bridgehead atoms. The fraction of sp³-hybridized carbons (Fsp3) is 0.435. The Bertz CT molecular complexity index is 1210. The van der Waals surface area contributed by atoms with Crippen molar-refractivity contribution in [3.63, 3.8) is 0 Å². The van der Waals surface area contributed by atoms with Gasteiger partial charge in [-0.25, -0.2) is 4.98 Å². The summed E-state index contributed by atoms with van der Waals surface area (Å²) >= 11 is 1.56. The standard InChI is InChI=1S/C23H26N4O3S/c1-23(2)13-16-17(14-30-23)31-19-18(16)21(29)25(3)22(24-19)27-11-9-26(10-12-27)20(28)15-7-5-4-6-8-15/h4-8H,9-14H2,1-3H3. The number of nitrogens with zero attached hydrogens (tertiary/aromatic N) is 4. The predicted octanol–water partition coefficient (Wildman–Crippen LogP) is 2.81. The molecule has 0 N–H and O–H groups in total. The van der Waals surface area contributed by atoms with Gasteiger partial charge >= 0.3 is 0 Å². The van der Waals surface area contributed by atoms with Crippen LogP contribution in [0.25, 0.3) is 10.2 Å².